The minimum atomic E-state index is -3.14. The molecule has 1 aromatic heterocycles. The molecule has 4 nitrogen and oxygen atoms in total. The molecule has 0 radical (unpaired) electrons. The Morgan fingerprint density at radius 3 is 2.33 bits per heavy atom. The molecule has 2 rings (SSSR count). The first-order valence-corrected chi connectivity index (χ1v) is 7.46. The molecule has 0 aliphatic heterocycles. The highest BCUT2D eigenvalue weighted by molar-refractivity contribution is 7.90. The number of sulfone groups is 1. The molecule has 0 aliphatic carbocycles. The maximum atomic E-state index is 11.3. The van der Waals surface area contributed by atoms with Crippen LogP contribution in [-0.4, -0.2) is 14.7 Å². The maximum Gasteiger partial charge on any atom is 0.175 e. The summed E-state index contributed by atoms with van der Waals surface area (Å²) in [5.74, 6) is 0.835. The highest BCUT2D eigenvalue weighted by atomic mass is 32.2. The van der Waals surface area contributed by atoms with Crippen LogP contribution in [0.1, 0.15) is 18.7 Å². The van der Waals surface area contributed by atoms with Crippen LogP contribution in [0.15, 0.2) is 52.0 Å². The summed E-state index contributed by atoms with van der Waals surface area (Å²) in [7, 11) is -3.14. The summed E-state index contributed by atoms with van der Waals surface area (Å²) in [4.78, 5) is 0.318. The number of hydrogen-bond donors (Lipinski definition) is 1. The van der Waals surface area contributed by atoms with Crippen molar-refractivity contribution < 1.29 is 12.8 Å². The predicted molar refractivity (Wildman–Crippen MR) is 70.3 cm³/mol. The highest BCUT2D eigenvalue weighted by Gasteiger charge is 2.09. The van der Waals surface area contributed by atoms with Crippen molar-refractivity contribution in [3.8, 4) is 0 Å². The van der Waals surface area contributed by atoms with Gasteiger partial charge >= 0.3 is 0 Å². The van der Waals surface area contributed by atoms with Crippen molar-refractivity contribution >= 4 is 15.5 Å². The van der Waals surface area contributed by atoms with Crippen LogP contribution in [0, 0.1) is 0 Å². The average Bonchev–Trinajstić information content (AvgIpc) is 2.82. The van der Waals surface area contributed by atoms with Crippen LogP contribution in [0.2, 0.25) is 0 Å². The molecule has 0 bridgehead atoms. The number of hydrogen-bond acceptors (Lipinski definition) is 4. The molecule has 96 valence electrons. The molecule has 1 aromatic carbocycles. The molecular weight excluding hydrogens is 250 g/mol. The van der Waals surface area contributed by atoms with Gasteiger partial charge in [0.25, 0.3) is 0 Å². The third-order valence-electron chi connectivity index (χ3n) is 2.64. The lowest BCUT2D eigenvalue weighted by atomic mass is 10.2. The van der Waals surface area contributed by atoms with E-state index in [1.54, 1.807) is 30.5 Å². The number of anilines is 1. The fraction of sp³-hybridized carbons (Fsp3) is 0.231. The molecule has 0 spiro atoms. The lowest BCUT2D eigenvalue weighted by molar-refractivity contribution is 0.490. The number of rotatable bonds is 4. The number of benzene rings is 1. The van der Waals surface area contributed by atoms with Crippen LogP contribution in [0.25, 0.3) is 0 Å². The normalized spacial score (nSPS) is 13.2. The third kappa shape index (κ3) is 2.92. The van der Waals surface area contributed by atoms with Gasteiger partial charge in [0.05, 0.1) is 17.2 Å². The zero-order valence-corrected chi connectivity index (χ0v) is 11.1. The van der Waals surface area contributed by atoms with E-state index >= 15 is 0 Å². The largest absolute Gasteiger partial charge is 0.467 e. The fourth-order valence-electron chi connectivity index (χ4n) is 1.66. The second-order valence-corrected chi connectivity index (χ2v) is 6.19. The smallest absolute Gasteiger partial charge is 0.175 e. The van der Waals surface area contributed by atoms with Crippen LogP contribution in [0.4, 0.5) is 5.69 Å². The van der Waals surface area contributed by atoms with Gasteiger partial charge in [-0.15, -0.1) is 0 Å². The van der Waals surface area contributed by atoms with E-state index in [0.29, 0.717) is 4.90 Å². The van der Waals surface area contributed by atoms with Crippen LogP contribution in [0.5, 0.6) is 0 Å². The summed E-state index contributed by atoms with van der Waals surface area (Å²) in [6, 6.07) is 10.4. The standard InChI is InChI=1S/C13H15NO3S/c1-10(13-4-3-9-17-13)14-11-5-7-12(8-6-11)18(2,15)16/h3-10,14H,1-2H3. The first-order valence-electron chi connectivity index (χ1n) is 5.57. The first-order chi connectivity index (χ1) is 8.47. The predicted octanol–water partition coefficient (Wildman–Crippen LogP) is 2.86. The monoisotopic (exact) mass is 265 g/mol. The van der Waals surface area contributed by atoms with E-state index < -0.39 is 9.84 Å². The SMILES string of the molecule is CC(Nc1ccc(S(C)(=O)=O)cc1)c1ccco1. The van der Waals surface area contributed by atoms with Crippen molar-refractivity contribution in [3.05, 3.63) is 48.4 Å². The van der Waals surface area contributed by atoms with Crippen molar-refractivity contribution in [1.29, 1.82) is 0 Å². The Hall–Kier alpha value is -1.75. The summed E-state index contributed by atoms with van der Waals surface area (Å²) in [6.45, 7) is 1.98. The summed E-state index contributed by atoms with van der Waals surface area (Å²) < 4.78 is 27.9. The Morgan fingerprint density at radius 2 is 1.83 bits per heavy atom. The van der Waals surface area contributed by atoms with Crippen LogP contribution < -0.4 is 5.32 Å². The summed E-state index contributed by atoms with van der Waals surface area (Å²) in [5, 5.41) is 3.23. The fourth-order valence-corrected chi connectivity index (χ4v) is 2.29. The molecule has 5 heteroatoms. The van der Waals surface area contributed by atoms with Crippen molar-refractivity contribution in [3.63, 3.8) is 0 Å². The van der Waals surface area contributed by atoms with Crippen molar-refractivity contribution in [2.45, 2.75) is 17.9 Å². The van der Waals surface area contributed by atoms with Crippen molar-refractivity contribution in [2.75, 3.05) is 11.6 Å². The molecule has 2 aromatic rings. The minimum Gasteiger partial charge on any atom is -0.467 e. The topological polar surface area (TPSA) is 59.3 Å². The lowest BCUT2D eigenvalue weighted by Crippen LogP contribution is -2.05. The van der Waals surface area contributed by atoms with E-state index in [2.05, 4.69) is 5.32 Å². The van der Waals surface area contributed by atoms with Gasteiger partial charge in [0.2, 0.25) is 0 Å². The molecule has 0 aliphatic rings. The van der Waals surface area contributed by atoms with Gasteiger partial charge in [0.1, 0.15) is 5.76 Å². The summed E-state index contributed by atoms with van der Waals surface area (Å²) in [5.41, 5.74) is 0.853. The Labute approximate surface area is 107 Å². The molecule has 0 saturated carbocycles. The van der Waals surface area contributed by atoms with Crippen molar-refractivity contribution in [1.82, 2.24) is 0 Å². The molecule has 1 N–H and O–H groups in total. The number of nitrogens with one attached hydrogen (secondary N) is 1. The van der Waals surface area contributed by atoms with Crippen LogP contribution >= 0.6 is 0 Å². The first kappa shape index (κ1) is 12.7. The van der Waals surface area contributed by atoms with Crippen molar-refractivity contribution in [2.24, 2.45) is 0 Å². The second-order valence-electron chi connectivity index (χ2n) is 4.18. The molecule has 1 heterocycles. The van der Waals surface area contributed by atoms with Gasteiger partial charge in [-0.1, -0.05) is 0 Å². The van der Waals surface area contributed by atoms with E-state index in [1.807, 2.05) is 19.1 Å². The zero-order valence-electron chi connectivity index (χ0n) is 10.3. The lowest BCUT2D eigenvalue weighted by Gasteiger charge is -2.13. The van der Waals surface area contributed by atoms with E-state index in [4.69, 9.17) is 4.42 Å². The molecule has 0 amide bonds. The van der Waals surface area contributed by atoms with E-state index in [-0.39, 0.29) is 6.04 Å². The van der Waals surface area contributed by atoms with Crippen LogP contribution in [-0.2, 0) is 9.84 Å². The Kier molecular flexibility index (Phi) is 3.43. The van der Waals surface area contributed by atoms with E-state index in [9.17, 15) is 8.42 Å². The van der Waals surface area contributed by atoms with Gasteiger partial charge in [-0.25, -0.2) is 8.42 Å². The third-order valence-corrected chi connectivity index (χ3v) is 3.76. The molecular formula is C13H15NO3S. The van der Waals surface area contributed by atoms with Crippen LogP contribution in [0.3, 0.4) is 0 Å². The Morgan fingerprint density at radius 1 is 1.17 bits per heavy atom. The molecule has 18 heavy (non-hydrogen) atoms. The molecule has 1 unspecified atom stereocenters. The highest BCUT2D eigenvalue weighted by Crippen LogP contribution is 2.20. The molecule has 0 fully saturated rings. The summed E-state index contributed by atoms with van der Waals surface area (Å²) in [6.07, 6.45) is 2.82. The van der Waals surface area contributed by atoms with Gasteiger partial charge in [-0.05, 0) is 43.3 Å². The maximum absolute atomic E-state index is 11.3. The van der Waals surface area contributed by atoms with Gasteiger partial charge in [-0.3, -0.25) is 0 Å². The van der Waals surface area contributed by atoms with Gasteiger partial charge in [0, 0.05) is 11.9 Å². The number of furan rings is 1. The quantitative estimate of drug-likeness (QED) is 0.923. The zero-order chi connectivity index (χ0) is 13.2. The van der Waals surface area contributed by atoms with Gasteiger partial charge in [0.15, 0.2) is 9.84 Å². The Balaban J connectivity index is 2.12. The van der Waals surface area contributed by atoms with Gasteiger partial charge in [-0.2, -0.15) is 0 Å². The summed E-state index contributed by atoms with van der Waals surface area (Å²) >= 11 is 0. The molecule has 0 saturated heterocycles. The second kappa shape index (κ2) is 4.86. The average molecular weight is 265 g/mol. The van der Waals surface area contributed by atoms with Gasteiger partial charge < -0.3 is 9.73 Å². The Bertz CT molecular complexity index is 600. The van der Waals surface area contributed by atoms with E-state index in [1.165, 1.54) is 6.26 Å². The van der Waals surface area contributed by atoms with E-state index in [0.717, 1.165) is 11.4 Å². The molecule has 1 atom stereocenters. The minimum absolute atomic E-state index is 0.0316.